The van der Waals surface area contributed by atoms with Crippen molar-refractivity contribution in [2.45, 2.75) is 19.3 Å². The van der Waals surface area contributed by atoms with Crippen LogP contribution in [0.1, 0.15) is 39.4 Å². The van der Waals surface area contributed by atoms with Gasteiger partial charge in [-0.2, -0.15) is 0 Å². The number of fused-ring (bicyclic) bond motifs is 1. The van der Waals surface area contributed by atoms with Crippen LogP contribution in [0.15, 0.2) is 48.5 Å². The molecule has 0 aliphatic heterocycles. The van der Waals surface area contributed by atoms with Crippen LogP contribution in [0.4, 0.5) is 0 Å². The molecule has 0 bridgehead atoms. The number of aryl methyl sites for hydroxylation is 1. The van der Waals surface area contributed by atoms with Crippen molar-refractivity contribution in [3.8, 4) is 0 Å². The molecule has 2 aromatic carbocycles. The molecular weight excluding hydrogens is 208 g/mol. The maximum absolute atomic E-state index is 12.0. The Morgan fingerprint density at radius 3 is 2.59 bits per heavy atom. The standard InChI is InChI=1S/C16H14O/c1-11-7-8-13-14(10-16(17)15(13)9-11)12-5-3-2-4-6-12/h2-9,14H,10H2,1H3. The van der Waals surface area contributed by atoms with Gasteiger partial charge in [-0.3, -0.25) is 4.79 Å². The lowest BCUT2D eigenvalue weighted by atomic mass is 9.93. The fourth-order valence-electron chi connectivity index (χ4n) is 2.60. The van der Waals surface area contributed by atoms with E-state index in [0.29, 0.717) is 6.42 Å². The molecule has 1 heteroatoms. The Morgan fingerprint density at radius 2 is 1.82 bits per heavy atom. The summed E-state index contributed by atoms with van der Waals surface area (Å²) in [6, 6.07) is 16.5. The topological polar surface area (TPSA) is 17.1 Å². The molecule has 0 N–H and O–H groups in total. The third-order valence-corrected chi connectivity index (χ3v) is 3.48. The van der Waals surface area contributed by atoms with E-state index in [2.05, 4.69) is 24.3 Å². The maximum Gasteiger partial charge on any atom is 0.164 e. The quantitative estimate of drug-likeness (QED) is 0.718. The summed E-state index contributed by atoms with van der Waals surface area (Å²) in [6.07, 6.45) is 0.614. The molecule has 0 radical (unpaired) electrons. The summed E-state index contributed by atoms with van der Waals surface area (Å²) in [6.45, 7) is 2.03. The van der Waals surface area contributed by atoms with Gasteiger partial charge in [0, 0.05) is 17.9 Å². The molecule has 3 rings (SSSR count). The van der Waals surface area contributed by atoms with Crippen LogP contribution < -0.4 is 0 Å². The average Bonchev–Trinajstić information content (AvgIpc) is 2.68. The molecule has 0 saturated heterocycles. The molecule has 1 nitrogen and oxygen atoms in total. The summed E-state index contributed by atoms with van der Waals surface area (Å²) in [7, 11) is 0. The number of rotatable bonds is 1. The molecule has 1 aliphatic rings. The molecule has 84 valence electrons. The van der Waals surface area contributed by atoms with E-state index in [-0.39, 0.29) is 11.7 Å². The van der Waals surface area contributed by atoms with E-state index >= 15 is 0 Å². The van der Waals surface area contributed by atoms with Crippen molar-refractivity contribution in [1.29, 1.82) is 0 Å². The van der Waals surface area contributed by atoms with Gasteiger partial charge in [0.25, 0.3) is 0 Å². The monoisotopic (exact) mass is 222 g/mol. The number of hydrogen-bond acceptors (Lipinski definition) is 1. The van der Waals surface area contributed by atoms with Crippen molar-refractivity contribution in [3.63, 3.8) is 0 Å². The van der Waals surface area contributed by atoms with E-state index in [9.17, 15) is 4.79 Å². The second-order valence-electron chi connectivity index (χ2n) is 4.68. The van der Waals surface area contributed by atoms with Crippen LogP contribution in [-0.2, 0) is 0 Å². The Hall–Kier alpha value is -1.89. The first-order chi connectivity index (χ1) is 8.25. The van der Waals surface area contributed by atoms with Crippen molar-refractivity contribution < 1.29 is 4.79 Å². The Morgan fingerprint density at radius 1 is 1.06 bits per heavy atom. The van der Waals surface area contributed by atoms with E-state index in [1.54, 1.807) is 0 Å². The highest BCUT2D eigenvalue weighted by molar-refractivity contribution is 6.02. The summed E-state index contributed by atoms with van der Waals surface area (Å²) in [5.74, 6) is 0.525. The largest absolute Gasteiger partial charge is 0.294 e. The number of carbonyl (C=O) groups excluding carboxylic acids is 1. The summed E-state index contributed by atoms with van der Waals surface area (Å²) >= 11 is 0. The maximum atomic E-state index is 12.0. The fraction of sp³-hybridized carbons (Fsp3) is 0.188. The Bertz CT molecular complexity index is 569. The third kappa shape index (κ3) is 1.68. The molecular formula is C16H14O. The van der Waals surface area contributed by atoms with Crippen LogP contribution >= 0.6 is 0 Å². The molecule has 1 aliphatic carbocycles. The molecule has 0 heterocycles. The van der Waals surface area contributed by atoms with Gasteiger partial charge in [-0.25, -0.2) is 0 Å². The highest BCUT2D eigenvalue weighted by Gasteiger charge is 2.29. The van der Waals surface area contributed by atoms with E-state index in [1.807, 2.05) is 31.2 Å². The number of ketones is 1. The molecule has 0 fully saturated rings. The lowest BCUT2D eigenvalue weighted by Crippen LogP contribution is -1.96. The zero-order chi connectivity index (χ0) is 11.8. The van der Waals surface area contributed by atoms with Gasteiger partial charge in [-0.1, -0.05) is 48.0 Å². The average molecular weight is 222 g/mol. The highest BCUT2D eigenvalue weighted by Crippen LogP contribution is 2.38. The number of hydrogen-bond donors (Lipinski definition) is 0. The predicted octanol–water partition coefficient (Wildman–Crippen LogP) is 3.71. The molecule has 0 aromatic heterocycles. The van der Waals surface area contributed by atoms with Crippen molar-refractivity contribution in [2.24, 2.45) is 0 Å². The van der Waals surface area contributed by atoms with E-state index in [4.69, 9.17) is 0 Å². The first kappa shape index (κ1) is 10.3. The predicted molar refractivity (Wildman–Crippen MR) is 68.4 cm³/mol. The van der Waals surface area contributed by atoms with Crippen LogP contribution in [0.3, 0.4) is 0 Å². The van der Waals surface area contributed by atoms with Crippen molar-refractivity contribution >= 4 is 5.78 Å². The van der Waals surface area contributed by atoms with Gasteiger partial charge < -0.3 is 0 Å². The number of Topliss-reactive ketones (excluding diaryl/α,β-unsaturated/α-hetero) is 1. The van der Waals surface area contributed by atoms with Gasteiger partial charge in [0.15, 0.2) is 5.78 Å². The zero-order valence-electron chi connectivity index (χ0n) is 9.81. The molecule has 1 atom stereocenters. The highest BCUT2D eigenvalue weighted by atomic mass is 16.1. The van der Waals surface area contributed by atoms with Crippen molar-refractivity contribution in [1.82, 2.24) is 0 Å². The number of carbonyl (C=O) groups is 1. The molecule has 2 aromatic rings. The lowest BCUT2D eigenvalue weighted by Gasteiger charge is -2.10. The van der Waals surface area contributed by atoms with E-state index < -0.39 is 0 Å². The SMILES string of the molecule is Cc1ccc2c(c1)C(=O)CC2c1ccccc1. The Kier molecular flexibility index (Phi) is 2.32. The molecule has 17 heavy (non-hydrogen) atoms. The minimum atomic E-state index is 0.249. The van der Waals surface area contributed by atoms with Gasteiger partial charge >= 0.3 is 0 Å². The summed E-state index contributed by atoms with van der Waals surface area (Å²) in [5.41, 5.74) is 4.50. The van der Waals surface area contributed by atoms with Gasteiger partial charge in [-0.15, -0.1) is 0 Å². The smallest absolute Gasteiger partial charge is 0.164 e. The fourth-order valence-corrected chi connectivity index (χ4v) is 2.60. The van der Waals surface area contributed by atoms with Crippen molar-refractivity contribution in [2.75, 3.05) is 0 Å². The summed E-state index contributed by atoms with van der Waals surface area (Å²) in [4.78, 5) is 12.0. The molecule has 1 unspecified atom stereocenters. The third-order valence-electron chi connectivity index (χ3n) is 3.48. The minimum absolute atomic E-state index is 0.249. The normalized spacial score (nSPS) is 18.2. The second kappa shape index (κ2) is 3.85. The first-order valence-corrected chi connectivity index (χ1v) is 5.94. The van der Waals surface area contributed by atoms with Crippen LogP contribution in [0.2, 0.25) is 0 Å². The molecule has 0 spiro atoms. The van der Waals surface area contributed by atoms with E-state index in [1.165, 1.54) is 11.1 Å². The Balaban J connectivity index is 2.11. The van der Waals surface area contributed by atoms with Gasteiger partial charge in [0.2, 0.25) is 0 Å². The van der Waals surface area contributed by atoms with Crippen LogP contribution in [0.25, 0.3) is 0 Å². The minimum Gasteiger partial charge on any atom is -0.294 e. The van der Waals surface area contributed by atoms with Gasteiger partial charge in [0.05, 0.1) is 0 Å². The first-order valence-electron chi connectivity index (χ1n) is 5.94. The molecule has 0 amide bonds. The van der Waals surface area contributed by atoms with Crippen molar-refractivity contribution in [3.05, 3.63) is 70.8 Å². The van der Waals surface area contributed by atoms with Gasteiger partial charge in [-0.05, 0) is 24.1 Å². The van der Waals surface area contributed by atoms with Crippen LogP contribution in [0, 0.1) is 6.92 Å². The summed E-state index contributed by atoms with van der Waals surface area (Å²) < 4.78 is 0. The van der Waals surface area contributed by atoms with Crippen LogP contribution in [0.5, 0.6) is 0 Å². The second-order valence-corrected chi connectivity index (χ2v) is 4.68. The lowest BCUT2D eigenvalue weighted by molar-refractivity contribution is 0.0991. The molecule has 0 saturated carbocycles. The number of benzene rings is 2. The zero-order valence-corrected chi connectivity index (χ0v) is 9.81. The van der Waals surface area contributed by atoms with Gasteiger partial charge in [0.1, 0.15) is 0 Å². The van der Waals surface area contributed by atoms with Crippen LogP contribution in [-0.4, -0.2) is 5.78 Å². The Labute approximate surface area is 101 Å². The summed E-state index contributed by atoms with van der Waals surface area (Å²) in [5, 5.41) is 0. The van der Waals surface area contributed by atoms with E-state index in [0.717, 1.165) is 11.1 Å².